The lowest BCUT2D eigenvalue weighted by atomic mass is 9.60. The summed E-state index contributed by atoms with van der Waals surface area (Å²) in [6.45, 7) is 11.6. The number of aromatic nitrogens is 2. The van der Waals surface area contributed by atoms with Gasteiger partial charge < -0.3 is 0 Å². The van der Waals surface area contributed by atoms with Crippen molar-refractivity contribution in [1.82, 2.24) is 4.68 Å². The lowest BCUT2D eigenvalue weighted by molar-refractivity contribution is -0.745. The van der Waals surface area contributed by atoms with Crippen LogP contribution in [0.4, 0.5) is 0 Å². The summed E-state index contributed by atoms with van der Waals surface area (Å²) in [6, 6.07) is 8.93. The van der Waals surface area contributed by atoms with E-state index in [2.05, 4.69) is 81.5 Å². The SMILES string of the molecule is Cc1cccc2c1-n1c(cc[n+]1C)C(C)(C)C2(C)C. The maximum absolute atomic E-state index is 2.37. The molecule has 2 heterocycles. The van der Waals surface area contributed by atoms with Gasteiger partial charge in [0.15, 0.2) is 13.2 Å². The summed E-state index contributed by atoms with van der Waals surface area (Å²) in [5, 5.41) is 0. The number of rotatable bonds is 0. The second-order valence-corrected chi connectivity index (χ2v) is 6.81. The number of benzene rings is 1. The van der Waals surface area contributed by atoms with Crippen LogP contribution in [0.5, 0.6) is 0 Å². The van der Waals surface area contributed by atoms with E-state index >= 15 is 0 Å². The Hall–Kier alpha value is -1.57. The van der Waals surface area contributed by atoms with Gasteiger partial charge in [-0.3, -0.25) is 0 Å². The third-order valence-electron chi connectivity index (χ3n) is 5.32. The van der Waals surface area contributed by atoms with Crippen LogP contribution in [-0.4, -0.2) is 4.68 Å². The molecule has 0 atom stereocenters. The minimum atomic E-state index is 0.106. The van der Waals surface area contributed by atoms with Gasteiger partial charge in [-0.25, -0.2) is 0 Å². The van der Waals surface area contributed by atoms with Gasteiger partial charge in [0.2, 0.25) is 0 Å². The summed E-state index contributed by atoms with van der Waals surface area (Å²) in [4.78, 5) is 0. The van der Waals surface area contributed by atoms with Crippen LogP contribution in [0.3, 0.4) is 0 Å². The van der Waals surface area contributed by atoms with Crippen molar-refractivity contribution < 1.29 is 4.68 Å². The van der Waals surface area contributed by atoms with Crippen LogP contribution in [-0.2, 0) is 17.9 Å². The quantitative estimate of drug-likeness (QED) is 0.639. The minimum absolute atomic E-state index is 0.106. The molecule has 0 aliphatic carbocycles. The van der Waals surface area contributed by atoms with Crippen molar-refractivity contribution in [2.24, 2.45) is 7.05 Å². The highest BCUT2D eigenvalue weighted by Gasteiger charge is 2.49. The van der Waals surface area contributed by atoms with Crippen molar-refractivity contribution in [2.75, 3.05) is 0 Å². The Morgan fingerprint density at radius 2 is 1.68 bits per heavy atom. The van der Waals surface area contributed by atoms with Crippen molar-refractivity contribution >= 4 is 0 Å². The molecule has 1 aliphatic heterocycles. The Morgan fingerprint density at radius 1 is 1.00 bits per heavy atom. The van der Waals surface area contributed by atoms with Crippen molar-refractivity contribution in [3.8, 4) is 5.69 Å². The normalized spacial score (nSPS) is 18.8. The zero-order valence-electron chi connectivity index (χ0n) is 12.8. The molecule has 100 valence electrons. The highest BCUT2D eigenvalue weighted by molar-refractivity contribution is 5.56. The van der Waals surface area contributed by atoms with E-state index in [1.807, 2.05) is 0 Å². The largest absolute Gasteiger partial charge is 0.196 e. The monoisotopic (exact) mass is 255 g/mol. The van der Waals surface area contributed by atoms with Crippen LogP contribution in [0.2, 0.25) is 0 Å². The fraction of sp³-hybridized carbons (Fsp3) is 0.471. The van der Waals surface area contributed by atoms with Crippen LogP contribution in [0, 0.1) is 6.92 Å². The fourth-order valence-electron chi connectivity index (χ4n) is 3.34. The molecule has 0 saturated heterocycles. The van der Waals surface area contributed by atoms with Crippen LogP contribution in [0.1, 0.15) is 44.5 Å². The van der Waals surface area contributed by atoms with Gasteiger partial charge in [-0.1, -0.05) is 45.9 Å². The summed E-state index contributed by atoms with van der Waals surface area (Å²) in [7, 11) is 2.12. The summed E-state index contributed by atoms with van der Waals surface area (Å²) in [6.07, 6.45) is 2.16. The molecule has 0 unspecified atom stereocenters. The Balaban J connectivity index is 2.49. The first kappa shape index (κ1) is 12.5. The number of hydrogen-bond acceptors (Lipinski definition) is 0. The average Bonchev–Trinajstić information content (AvgIpc) is 2.70. The average molecular weight is 255 g/mol. The van der Waals surface area contributed by atoms with Crippen molar-refractivity contribution in [3.05, 3.63) is 47.3 Å². The van der Waals surface area contributed by atoms with E-state index < -0.39 is 0 Å². The van der Waals surface area contributed by atoms with Gasteiger partial charge in [-0.15, -0.1) is 9.36 Å². The number of nitrogens with zero attached hydrogens (tertiary/aromatic N) is 2. The molecule has 1 aliphatic rings. The van der Waals surface area contributed by atoms with Crippen molar-refractivity contribution in [1.29, 1.82) is 0 Å². The molecule has 0 spiro atoms. The predicted octanol–water partition coefficient (Wildman–Crippen LogP) is 3.18. The minimum Gasteiger partial charge on any atom is -0.124 e. The van der Waals surface area contributed by atoms with Gasteiger partial charge >= 0.3 is 0 Å². The Kier molecular flexibility index (Phi) is 2.30. The summed E-state index contributed by atoms with van der Waals surface area (Å²) in [5.74, 6) is 0. The standard InChI is InChI=1S/C17H23N2/c1-12-8-7-9-13-15(12)19-14(10-11-18(19)6)17(4,5)16(13,2)3/h7-11H,1-6H3/q+1. The van der Waals surface area contributed by atoms with Crippen molar-refractivity contribution in [3.63, 3.8) is 0 Å². The predicted molar refractivity (Wildman–Crippen MR) is 77.7 cm³/mol. The summed E-state index contributed by atoms with van der Waals surface area (Å²) >= 11 is 0. The molecule has 2 heteroatoms. The van der Waals surface area contributed by atoms with E-state index in [1.165, 1.54) is 22.5 Å². The smallest absolute Gasteiger partial charge is 0.124 e. The maximum Gasteiger partial charge on any atom is 0.196 e. The van der Waals surface area contributed by atoms with E-state index in [1.54, 1.807) is 0 Å². The molecular formula is C17H23N2+. The molecule has 2 nitrogen and oxygen atoms in total. The fourth-order valence-corrected chi connectivity index (χ4v) is 3.34. The van der Waals surface area contributed by atoms with Crippen LogP contribution >= 0.6 is 0 Å². The van der Waals surface area contributed by atoms with Gasteiger partial charge in [0.05, 0.1) is 5.69 Å². The van der Waals surface area contributed by atoms with Gasteiger partial charge in [0, 0.05) is 16.9 Å². The molecule has 1 aromatic heterocycles. The topological polar surface area (TPSA) is 8.81 Å². The second-order valence-electron chi connectivity index (χ2n) is 6.81. The van der Waals surface area contributed by atoms with Gasteiger partial charge in [0.25, 0.3) is 0 Å². The molecule has 1 aromatic carbocycles. The number of hydrogen-bond donors (Lipinski definition) is 0. The first-order chi connectivity index (χ1) is 8.78. The molecule has 0 fully saturated rings. The van der Waals surface area contributed by atoms with Gasteiger partial charge in [0.1, 0.15) is 5.69 Å². The zero-order chi connectivity index (χ0) is 14.0. The maximum atomic E-state index is 2.37. The Bertz CT molecular complexity index is 660. The van der Waals surface area contributed by atoms with E-state index in [0.717, 1.165) is 0 Å². The Morgan fingerprint density at radius 3 is 2.37 bits per heavy atom. The zero-order valence-corrected chi connectivity index (χ0v) is 12.8. The van der Waals surface area contributed by atoms with E-state index in [4.69, 9.17) is 0 Å². The third-order valence-corrected chi connectivity index (χ3v) is 5.32. The van der Waals surface area contributed by atoms with Crippen LogP contribution in [0.15, 0.2) is 30.5 Å². The summed E-state index contributed by atoms with van der Waals surface area (Å²) in [5.41, 5.74) is 5.76. The molecule has 0 amide bonds. The Labute approximate surface area is 115 Å². The van der Waals surface area contributed by atoms with Crippen molar-refractivity contribution in [2.45, 2.75) is 45.4 Å². The first-order valence-electron chi connectivity index (χ1n) is 6.97. The lowest BCUT2D eigenvalue weighted by Crippen LogP contribution is -2.51. The van der Waals surface area contributed by atoms with E-state index in [9.17, 15) is 0 Å². The molecule has 19 heavy (non-hydrogen) atoms. The highest BCUT2D eigenvalue weighted by Crippen LogP contribution is 2.49. The van der Waals surface area contributed by atoms with E-state index in [-0.39, 0.29) is 10.8 Å². The first-order valence-corrected chi connectivity index (χ1v) is 6.97. The highest BCUT2D eigenvalue weighted by atomic mass is 15.4. The van der Waals surface area contributed by atoms with E-state index in [0.29, 0.717) is 0 Å². The van der Waals surface area contributed by atoms with Gasteiger partial charge in [-0.05, 0) is 18.1 Å². The second kappa shape index (κ2) is 3.50. The molecular weight excluding hydrogens is 232 g/mol. The van der Waals surface area contributed by atoms with Crippen LogP contribution in [0.25, 0.3) is 5.69 Å². The third kappa shape index (κ3) is 1.35. The molecule has 0 saturated carbocycles. The molecule has 0 N–H and O–H groups in total. The number of aryl methyl sites for hydroxylation is 2. The lowest BCUT2D eigenvalue weighted by Gasteiger charge is -2.46. The van der Waals surface area contributed by atoms with Crippen LogP contribution < -0.4 is 4.68 Å². The molecule has 3 rings (SSSR count). The number of para-hydroxylation sites is 1. The molecule has 2 aromatic rings. The molecule has 0 bridgehead atoms. The number of fused-ring (bicyclic) bond motifs is 3. The van der Waals surface area contributed by atoms with Gasteiger partial charge in [-0.2, -0.15) is 0 Å². The molecule has 0 radical (unpaired) electrons. The summed E-state index contributed by atoms with van der Waals surface area (Å²) < 4.78 is 4.56.